The number of rotatable bonds is 12. The van der Waals surface area contributed by atoms with Gasteiger partial charge in [-0.2, -0.15) is 0 Å². The molecule has 0 fully saturated rings. The average Bonchev–Trinajstić information content (AvgIpc) is 2.90. The highest BCUT2D eigenvalue weighted by Gasteiger charge is 2.34. The molecule has 0 heterocycles. The summed E-state index contributed by atoms with van der Waals surface area (Å²) in [6, 6.07) is 19.2. The van der Waals surface area contributed by atoms with Gasteiger partial charge in [0, 0.05) is 23.1 Å². The number of hydrogen-bond acceptors (Lipinski definition) is 4. The minimum Gasteiger partial charge on any atom is -0.354 e. The van der Waals surface area contributed by atoms with Crippen LogP contribution in [0.3, 0.4) is 0 Å². The summed E-state index contributed by atoms with van der Waals surface area (Å²) < 4.78 is 28.8. The number of sulfonamides is 1. The van der Waals surface area contributed by atoms with Crippen LogP contribution in [-0.2, 0) is 26.2 Å². The third-order valence-electron chi connectivity index (χ3n) is 6.29. The van der Waals surface area contributed by atoms with Crippen LogP contribution in [0.1, 0.15) is 38.3 Å². The number of carbonyl (C=O) groups excluding carboxylic acids is 2. The lowest BCUT2D eigenvalue weighted by Crippen LogP contribution is -2.52. The van der Waals surface area contributed by atoms with Crippen molar-refractivity contribution >= 4 is 50.7 Å². The highest BCUT2D eigenvalue weighted by atomic mass is 35.5. The zero-order chi connectivity index (χ0) is 29.4. The highest BCUT2D eigenvalue weighted by molar-refractivity contribution is 7.92. The molecule has 7 nitrogen and oxygen atoms in total. The first-order valence-corrected chi connectivity index (χ1v) is 15.3. The predicted octanol–water partition coefficient (Wildman–Crippen LogP) is 6.08. The Morgan fingerprint density at radius 3 is 2.08 bits per heavy atom. The molecule has 0 saturated heterocycles. The fraction of sp³-hybridized carbons (Fsp3) is 0.333. The Morgan fingerprint density at radius 1 is 0.925 bits per heavy atom. The molecule has 0 spiro atoms. The molecular weight excluding hydrogens is 569 g/mol. The molecule has 10 heteroatoms. The maximum Gasteiger partial charge on any atom is 0.264 e. The molecule has 0 aliphatic heterocycles. The van der Waals surface area contributed by atoms with E-state index < -0.39 is 28.5 Å². The molecule has 214 valence electrons. The van der Waals surface area contributed by atoms with E-state index in [0.717, 1.165) is 15.4 Å². The summed E-state index contributed by atoms with van der Waals surface area (Å²) in [6.07, 6.45) is 0.343. The monoisotopic (exact) mass is 603 g/mol. The number of amides is 2. The summed E-state index contributed by atoms with van der Waals surface area (Å²) in [5.74, 6) is -0.608. The van der Waals surface area contributed by atoms with Crippen molar-refractivity contribution in [2.75, 3.05) is 17.4 Å². The van der Waals surface area contributed by atoms with Gasteiger partial charge in [0.25, 0.3) is 10.0 Å². The lowest BCUT2D eigenvalue weighted by molar-refractivity contribution is -0.140. The van der Waals surface area contributed by atoms with Crippen LogP contribution < -0.4 is 9.62 Å². The molecule has 1 N–H and O–H groups in total. The van der Waals surface area contributed by atoms with Crippen LogP contribution >= 0.6 is 23.2 Å². The maximum atomic E-state index is 14.1. The first-order chi connectivity index (χ1) is 18.9. The number of hydrogen-bond donors (Lipinski definition) is 1. The van der Waals surface area contributed by atoms with Gasteiger partial charge in [0.2, 0.25) is 11.8 Å². The lowest BCUT2D eigenvalue weighted by Gasteiger charge is -2.33. The predicted molar refractivity (Wildman–Crippen MR) is 161 cm³/mol. The molecule has 0 aliphatic carbocycles. The van der Waals surface area contributed by atoms with E-state index >= 15 is 0 Å². The van der Waals surface area contributed by atoms with Crippen molar-refractivity contribution < 1.29 is 18.0 Å². The first-order valence-electron chi connectivity index (χ1n) is 13.1. The van der Waals surface area contributed by atoms with Gasteiger partial charge in [0.1, 0.15) is 12.6 Å². The van der Waals surface area contributed by atoms with Gasteiger partial charge in [0.15, 0.2) is 0 Å². The Morgan fingerprint density at radius 2 is 1.52 bits per heavy atom. The minimum absolute atomic E-state index is 0.0123. The van der Waals surface area contributed by atoms with Crippen molar-refractivity contribution in [1.82, 2.24) is 10.2 Å². The number of nitrogens with one attached hydrogen (secondary N) is 1. The van der Waals surface area contributed by atoms with Crippen molar-refractivity contribution in [2.24, 2.45) is 5.92 Å². The standard InChI is InChI=1S/C30H35Cl2N3O4S/c1-5-28(30(37)33-18-21(2)3)34(19-23-9-7-6-8-10-23)29(36)20-35(26-16-24(31)15-25(32)17-26)40(38,39)27-13-11-22(4)12-14-27/h6-17,21,28H,5,18-20H2,1-4H3,(H,33,37). The van der Waals surface area contributed by atoms with E-state index in [1.54, 1.807) is 12.1 Å². The molecule has 3 rings (SSSR count). The largest absolute Gasteiger partial charge is 0.354 e. The zero-order valence-electron chi connectivity index (χ0n) is 23.1. The molecule has 1 unspecified atom stereocenters. The van der Waals surface area contributed by atoms with Crippen molar-refractivity contribution in [2.45, 2.75) is 51.6 Å². The smallest absolute Gasteiger partial charge is 0.264 e. The van der Waals surface area contributed by atoms with Crippen LogP contribution in [0.5, 0.6) is 0 Å². The summed E-state index contributed by atoms with van der Waals surface area (Å²) in [5.41, 5.74) is 1.84. The number of nitrogens with zero attached hydrogens (tertiary/aromatic N) is 2. The normalized spacial score (nSPS) is 12.2. The second-order valence-electron chi connectivity index (χ2n) is 10.0. The Labute approximate surface area is 247 Å². The lowest BCUT2D eigenvalue weighted by atomic mass is 10.1. The number of carbonyl (C=O) groups is 2. The van der Waals surface area contributed by atoms with Gasteiger partial charge < -0.3 is 10.2 Å². The maximum absolute atomic E-state index is 14.1. The van der Waals surface area contributed by atoms with E-state index in [2.05, 4.69) is 5.32 Å². The van der Waals surface area contributed by atoms with Crippen molar-refractivity contribution in [3.63, 3.8) is 0 Å². The summed E-state index contributed by atoms with van der Waals surface area (Å²) in [7, 11) is -4.21. The number of anilines is 1. The number of halogens is 2. The van der Waals surface area contributed by atoms with E-state index in [1.807, 2.05) is 58.0 Å². The number of aryl methyl sites for hydroxylation is 1. The molecule has 40 heavy (non-hydrogen) atoms. The summed E-state index contributed by atoms with van der Waals surface area (Å²) >= 11 is 12.5. The first kappa shape index (κ1) is 31.5. The van der Waals surface area contributed by atoms with E-state index in [4.69, 9.17) is 23.2 Å². The average molecular weight is 605 g/mol. The molecule has 0 aliphatic rings. The second-order valence-corrected chi connectivity index (χ2v) is 12.8. The highest BCUT2D eigenvalue weighted by Crippen LogP contribution is 2.30. The molecule has 3 aromatic carbocycles. The third kappa shape index (κ3) is 8.22. The minimum atomic E-state index is -4.21. The molecular formula is C30H35Cl2N3O4S. The zero-order valence-corrected chi connectivity index (χ0v) is 25.4. The van der Waals surface area contributed by atoms with E-state index in [-0.39, 0.29) is 39.0 Å². The Bertz CT molecular complexity index is 1390. The van der Waals surface area contributed by atoms with Crippen LogP contribution in [0.2, 0.25) is 10.0 Å². The van der Waals surface area contributed by atoms with Crippen molar-refractivity contribution in [3.8, 4) is 0 Å². The Balaban J connectivity index is 2.06. The molecule has 0 aromatic heterocycles. The Hall–Kier alpha value is -3.07. The van der Waals surface area contributed by atoms with Crippen LogP contribution in [0.4, 0.5) is 5.69 Å². The van der Waals surface area contributed by atoms with Crippen LogP contribution in [0, 0.1) is 12.8 Å². The quantitative estimate of drug-likeness (QED) is 0.272. The van der Waals surface area contributed by atoms with E-state index in [1.165, 1.54) is 35.2 Å². The molecule has 1 atom stereocenters. The summed E-state index contributed by atoms with van der Waals surface area (Å²) in [4.78, 5) is 28.7. The van der Waals surface area contributed by atoms with Gasteiger partial charge in [0.05, 0.1) is 10.6 Å². The molecule has 0 saturated carbocycles. The van der Waals surface area contributed by atoms with Gasteiger partial charge in [-0.15, -0.1) is 0 Å². The van der Waals surface area contributed by atoms with E-state index in [9.17, 15) is 18.0 Å². The van der Waals surface area contributed by atoms with Crippen LogP contribution in [-0.4, -0.2) is 44.3 Å². The van der Waals surface area contributed by atoms with Crippen LogP contribution in [0.25, 0.3) is 0 Å². The topological polar surface area (TPSA) is 86.8 Å². The Kier molecular flexibility index (Phi) is 11.0. The fourth-order valence-electron chi connectivity index (χ4n) is 4.17. The van der Waals surface area contributed by atoms with Gasteiger partial charge in [-0.05, 0) is 55.2 Å². The SMILES string of the molecule is CCC(C(=O)NCC(C)C)N(Cc1ccccc1)C(=O)CN(c1cc(Cl)cc(Cl)c1)S(=O)(=O)c1ccc(C)cc1. The fourth-order valence-corrected chi connectivity index (χ4v) is 6.08. The van der Waals surface area contributed by atoms with Crippen molar-refractivity contribution in [3.05, 3.63) is 94.0 Å². The third-order valence-corrected chi connectivity index (χ3v) is 8.51. The molecule has 3 aromatic rings. The van der Waals surface area contributed by atoms with Gasteiger partial charge >= 0.3 is 0 Å². The van der Waals surface area contributed by atoms with E-state index in [0.29, 0.717) is 13.0 Å². The second kappa shape index (κ2) is 14.0. The van der Waals surface area contributed by atoms with Gasteiger partial charge in [-0.1, -0.05) is 92.0 Å². The number of benzene rings is 3. The molecule has 2 amide bonds. The van der Waals surface area contributed by atoms with Gasteiger partial charge in [-0.3, -0.25) is 13.9 Å². The van der Waals surface area contributed by atoms with Gasteiger partial charge in [-0.25, -0.2) is 8.42 Å². The molecule has 0 bridgehead atoms. The summed E-state index contributed by atoms with van der Waals surface area (Å²) in [5, 5.41) is 3.36. The van der Waals surface area contributed by atoms with Crippen molar-refractivity contribution in [1.29, 1.82) is 0 Å². The summed E-state index contributed by atoms with van der Waals surface area (Å²) in [6.45, 7) is 7.66. The van der Waals surface area contributed by atoms with Crippen LogP contribution in [0.15, 0.2) is 77.7 Å². The molecule has 0 radical (unpaired) electrons.